The summed E-state index contributed by atoms with van der Waals surface area (Å²) in [6.07, 6.45) is 3.27. The summed E-state index contributed by atoms with van der Waals surface area (Å²) in [6, 6.07) is 11.8. The van der Waals surface area contributed by atoms with Gasteiger partial charge in [-0.05, 0) is 56.7 Å². The minimum absolute atomic E-state index is 0.0906. The minimum Gasteiger partial charge on any atom is -0.337 e. The molecule has 28 heavy (non-hydrogen) atoms. The second kappa shape index (κ2) is 8.09. The van der Waals surface area contributed by atoms with E-state index in [2.05, 4.69) is 13.8 Å². The van der Waals surface area contributed by atoms with E-state index in [9.17, 15) is 9.59 Å². The van der Waals surface area contributed by atoms with Crippen LogP contribution in [0, 0.1) is 0 Å². The molecule has 0 N–H and O–H groups in total. The van der Waals surface area contributed by atoms with Crippen molar-refractivity contribution in [2.45, 2.75) is 50.4 Å². The number of benzene rings is 1. The van der Waals surface area contributed by atoms with Gasteiger partial charge in [0.2, 0.25) is 5.91 Å². The highest BCUT2D eigenvalue weighted by atomic mass is 32.2. The smallest absolute Gasteiger partial charge is 0.267 e. The van der Waals surface area contributed by atoms with E-state index in [4.69, 9.17) is 4.98 Å². The predicted octanol–water partition coefficient (Wildman–Crippen LogP) is 4.33. The molecular formula is C21H23N3O2S2. The van der Waals surface area contributed by atoms with E-state index < -0.39 is 0 Å². The van der Waals surface area contributed by atoms with Crippen molar-refractivity contribution in [1.82, 2.24) is 14.5 Å². The van der Waals surface area contributed by atoms with Crippen molar-refractivity contribution in [3.05, 3.63) is 52.1 Å². The van der Waals surface area contributed by atoms with Crippen molar-refractivity contribution >= 4 is 39.2 Å². The number of fused-ring (bicyclic) bond motifs is 1. The highest BCUT2D eigenvalue weighted by Crippen LogP contribution is 2.27. The van der Waals surface area contributed by atoms with Gasteiger partial charge in [0.15, 0.2) is 5.16 Å². The van der Waals surface area contributed by atoms with E-state index in [1.807, 2.05) is 46.7 Å². The fraction of sp³-hybridized carbons (Fsp3) is 0.381. The molecule has 1 aliphatic heterocycles. The van der Waals surface area contributed by atoms with Crippen LogP contribution in [-0.4, -0.2) is 38.2 Å². The average Bonchev–Trinajstić information content (AvgIpc) is 3.16. The van der Waals surface area contributed by atoms with Crippen LogP contribution in [0.5, 0.6) is 0 Å². The highest BCUT2D eigenvalue weighted by molar-refractivity contribution is 7.99. The lowest BCUT2D eigenvalue weighted by Crippen LogP contribution is -2.48. The van der Waals surface area contributed by atoms with Crippen molar-refractivity contribution in [3.8, 4) is 5.69 Å². The maximum absolute atomic E-state index is 13.1. The maximum atomic E-state index is 13.1. The van der Waals surface area contributed by atoms with Gasteiger partial charge in [0.25, 0.3) is 5.56 Å². The van der Waals surface area contributed by atoms with Gasteiger partial charge in [0.05, 0.1) is 16.8 Å². The Labute approximate surface area is 172 Å². The number of piperidine rings is 1. The Morgan fingerprint density at radius 2 is 1.89 bits per heavy atom. The molecule has 4 rings (SSSR count). The molecule has 2 aromatic heterocycles. The van der Waals surface area contributed by atoms with Gasteiger partial charge in [-0.15, -0.1) is 11.3 Å². The summed E-state index contributed by atoms with van der Waals surface area (Å²) in [4.78, 5) is 33.4. The summed E-state index contributed by atoms with van der Waals surface area (Å²) in [7, 11) is 0. The van der Waals surface area contributed by atoms with Crippen LogP contribution >= 0.6 is 23.1 Å². The molecule has 0 spiro atoms. The highest BCUT2D eigenvalue weighted by Gasteiger charge is 2.29. The monoisotopic (exact) mass is 413 g/mol. The molecule has 7 heteroatoms. The lowest BCUT2D eigenvalue weighted by Gasteiger charge is -2.39. The number of para-hydroxylation sites is 1. The third-order valence-corrected chi connectivity index (χ3v) is 7.02. The molecule has 0 radical (unpaired) electrons. The van der Waals surface area contributed by atoms with Crippen LogP contribution in [0.3, 0.4) is 0 Å². The molecule has 3 aromatic rings. The molecule has 146 valence electrons. The van der Waals surface area contributed by atoms with Crippen LogP contribution in [0.1, 0.15) is 33.1 Å². The molecule has 0 bridgehead atoms. The largest absolute Gasteiger partial charge is 0.337 e. The molecule has 0 saturated carbocycles. The maximum Gasteiger partial charge on any atom is 0.267 e. The summed E-state index contributed by atoms with van der Waals surface area (Å²) in [5.74, 6) is 0.398. The lowest BCUT2D eigenvalue weighted by molar-refractivity contribution is -0.134. The molecule has 3 heterocycles. The Bertz CT molecular complexity index is 1030. The summed E-state index contributed by atoms with van der Waals surface area (Å²) in [5, 5.41) is 3.06. The van der Waals surface area contributed by atoms with Crippen LogP contribution in [0.2, 0.25) is 0 Å². The zero-order valence-electron chi connectivity index (χ0n) is 16.0. The molecule has 1 aromatic carbocycles. The molecule has 0 unspecified atom stereocenters. The van der Waals surface area contributed by atoms with Crippen molar-refractivity contribution in [1.29, 1.82) is 0 Å². The molecule has 1 fully saturated rings. The van der Waals surface area contributed by atoms with Crippen molar-refractivity contribution in [3.63, 3.8) is 0 Å². The second-order valence-electron chi connectivity index (χ2n) is 7.23. The summed E-state index contributed by atoms with van der Waals surface area (Å²) in [6.45, 7) is 4.24. The van der Waals surface area contributed by atoms with Crippen LogP contribution < -0.4 is 5.56 Å². The molecule has 2 atom stereocenters. The van der Waals surface area contributed by atoms with Gasteiger partial charge in [-0.2, -0.15) is 0 Å². The Morgan fingerprint density at radius 1 is 1.18 bits per heavy atom. The van der Waals surface area contributed by atoms with Crippen LogP contribution in [0.25, 0.3) is 15.9 Å². The Kier molecular flexibility index (Phi) is 5.55. The number of likely N-dealkylation sites (tertiary alicyclic amines) is 1. The van der Waals surface area contributed by atoms with Gasteiger partial charge in [-0.1, -0.05) is 30.0 Å². The zero-order chi connectivity index (χ0) is 19.7. The van der Waals surface area contributed by atoms with Gasteiger partial charge in [-0.25, -0.2) is 4.98 Å². The number of hydrogen-bond donors (Lipinski definition) is 0. The number of thioether (sulfide) groups is 1. The number of aromatic nitrogens is 2. The number of carbonyl (C=O) groups is 1. The van der Waals surface area contributed by atoms with E-state index in [0.717, 1.165) is 18.5 Å². The Morgan fingerprint density at radius 3 is 2.61 bits per heavy atom. The Balaban J connectivity index is 1.66. The molecule has 1 amide bonds. The summed E-state index contributed by atoms with van der Waals surface area (Å²) < 4.78 is 1.62. The third-order valence-electron chi connectivity index (χ3n) is 5.29. The van der Waals surface area contributed by atoms with Crippen molar-refractivity contribution < 1.29 is 4.79 Å². The number of thiophene rings is 1. The Hall–Kier alpha value is -2.12. The van der Waals surface area contributed by atoms with E-state index in [1.54, 1.807) is 4.57 Å². The third kappa shape index (κ3) is 3.61. The minimum atomic E-state index is -0.0906. The molecule has 1 aliphatic rings. The number of rotatable bonds is 4. The fourth-order valence-electron chi connectivity index (χ4n) is 3.91. The van der Waals surface area contributed by atoms with Gasteiger partial charge >= 0.3 is 0 Å². The predicted molar refractivity (Wildman–Crippen MR) is 116 cm³/mol. The van der Waals surface area contributed by atoms with E-state index in [1.165, 1.54) is 29.5 Å². The van der Waals surface area contributed by atoms with Crippen molar-refractivity contribution in [2.24, 2.45) is 0 Å². The van der Waals surface area contributed by atoms with Crippen molar-refractivity contribution in [2.75, 3.05) is 5.75 Å². The van der Waals surface area contributed by atoms with E-state index in [-0.39, 0.29) is 29.3 Å². The zero-order valence-corrected chi connectivity index (χ0v) is 17.6. The normalized spacial score (nSPS) is 19.9. The van der Waals surface area contributed by atoms with Gasteiger partial charge in [-0.3, -0.25) is 14.2 Å². The first-order valence-corrected chi connectivity index (χ1v) is 11.4. The summed E-state index contributed by atoms with van der Waals surface area (Å²) in [5.41, 5.74) is 0.676. The van der Waals surface area contributed by atoms with Crippen LogP contribution in [0.15, 0.2) is 51.7 Å². The SMILES string of the molecule is C[C@@H]1CCC[C@H](C)N1C(=O)CSc1nc2sccc2c(=O)n1-c1ccccc1. The molecule has 5 nitrogen and oxygen atoms in total. The van der Waals surface area contributed by atoms with Crippen LogP contribution in [-0.2, 0) is 4.79 Å². The van der Waals surface area contributed by atoms with Gasteiger partial charge in [0.1, 0.15) is 4.83 Å². The lowest BCUT2D eigenvalue weighted by atomic mass is 9.98. The van der Waals surface area contributed by atoms with Crippen LogP contribution in [0.4, 0.5) is 0 Å². The van der Waals surface area contributed by atoms with Gasteiger partial charge in [0, 0.05) is 12.1 Å². The van der Waals surface area contributed by atoms with Gasteiger partial charge < -0.3 is 4.90 Å². The topological polar surface area (TPSA) is 55.2 Å². The molecule has 1 saturated heterocycles. The number of nitrogens with zero attached hydrogens (tertiary/aromatic N) is 3. The first-order chi connectivity index (χ1) is 13.6. The quantitative estimate of drug-likeness (QED) is 0.472. The molecule has 0 aliphatic carbocycles. The second-order valence-corrected chi connectivity index (χ2v) is 9.07. The standard InChI is InChI=1S/C21H23N3O2S2/c1-14-7-6-8-15(2)23(14)18(25)13-28-21-22-19-17(11-12-27-19)20(26)24(21)16-9-4-3-5-10-16/h3-5,9-12,14-15H,6-8,13H2,1-2H3/t14-,15+. The fourth-order valence-corrected chi connectivity index (χ4v) is 5.60. The summed E-state index contributed by atoms with van der Waals surface area (Å²) >= 11 is 2.80. The van der Waals surface area contributed by atoms with E-state index in [0.29, 0.717) is 15.4 Å². The first-order valence-electron chi connectivity index (χ1n) is 9.56. The number of hydrogen-bond acceptors (Lipinski definition) is 5. The van der Waals surface area contributed by atoms with E-state index >= 15 is 0 Å². The average molecular weight is 414 g/mol. The molecular weight excluding hydrogens is 390 g/mol. The number of carbonyl (C=O) groups excluding carboxylic acids is 1. The number of amides is 1. The first kappa shape index (κ1) is 19.2.